The first-order valence-corrected chi connectivity index (χ1v) is 9.19. The van der Waals surface area contributed by atoms with Gasteiger partial charge in [0.05, 0.1) is 6.61 Å². The van der Waals surface area contributed by atoms with Crippen molar-refractivity contribution in [3.05, 3.63) is 35.4 Å². The summed E-state index contributed by atoms with van der Waals surface area (Å²) in [5.74, 6) is 6.13. The molecule has 0 bridgehead atoms. The van der Waals surface area contributed by atoms with Crippen LogP contribution in [0.4, 0.5) is 0 Å². The Balaban J connectivity index is 0. The van der Waals surface area contributed by atoms with E-state index < -0.39 is 0 Å². The Kier molecular flexibility index (Phi) is 20.5. The molecular formula is C21H37NO2. The number of nitrogens with one attached hydrogen (secondary N) is 1. The molecule has 1 rings (SSSR count). The smallest absolute Gasteiger partial charge is 0.108 e. The second-order valence-corrected chi connectivity index (χ2v) is 4.54. The first kappa shape index (κ1) is 24.9. The standard InChI is InChI=1S/C17H25NO2.2C2H6/c1-4-19-13-6-14-20-12-5-7-16-8-10-17(11-9-16)15(2)18-3;2*1-2/h8-11,15,18H,4,6,12-14H2,1-3H3;2*1-2H3. The highest BCUT2D eigenvalue weighted by molar-refractivity contribution is 5.36. The first-order valence-electron chi connectivity index (χ1n) is 9.19. The summed E-state index contributed by atoms with van der Waals surface area (Å²) in [5.41, 5.74) is 2.29. The summed E-state index contributed by atoms with van der Waals surface area (Å²) in [6.45, 7) is 14.8. The van der Waals surface area contributed by atoms with Crippen LogP contribution in [0.3, 0.4) is 0 Å². The predicted molar refractivity (Wildman–Crippen MR) is 105 cm³/mol. The normalized spacial score (nSPS) is 10.3. The van der Waals surface area contributed by atoms with Crippen molar-refractivity contribution in [2.75, 3.05) is 33.5 Å². The lowest BCUT2D eigenvalue weighted by Crippen LogP contribution is -2.11. The van der Waals surface area contributed by atoms with E-state index in [1.807, 2.05) is 53.8 Å². The lowest BCUT2D eigenvalue weighted by atomic mass is 10.1. The van der Waals surface area contributed by atoms with E-state index in [4.69, 9.17) is 9.47 Å². The van der Waals surface area contributed by atoms with Crippen LogP contribution in [0.2, 0.25) is 0 Å². The molecule has 3 nitrogen and oxygen atoms in total. The van der Waals surface area contributed by atoms with E-state index in [0.29, 0.717) is 19.3 Å². The van der Waals surface area contributed by atoms with Gasteiger partial charge in [0.25, 0.3) is 0 Å². The zero-order valence-corrected chi connectivity index (χ0v) is 16.7. The van der Waals surface area contributed by atoms with Crippen molar-refractivity contribution < 1.29 is 9.47 Å². The van der Waals surface area contributed by atoms with Crippen molar-refractivity contribution in [1.29, 1.82) is 0 Å². The minimum atomic E-state index is 0.366. The summed E-state index contributed by atoms with van der Waals surface area (Å²) in [7, 11) is 1.96. The highest BCUT2D eigenvalue weighted by atomic mass is 16.5. The number of benzene rings is 1. The van der Waals surface area contributed by atoms with E-state index in [9.17, 15) is 0 Å². The van der Waals surface area contributed by atoms with E-state index in [0.717, 1.165) is 25.2 Å². The van der Waals surface area contributed by atoms with Crippen LogP contribution < -0.4 is 5.32 Å². The molecule has 1 unspecified atom stereocenters. The van der Waals surface area contributed by atoms with Crippen LogP contribution in [0.1, 0.15) is 65.1 Å². The number of ether oxygens (including phenoxy) is 2. The quantitative estimate of drug-likeness (QED) is 0.546. The molecule has 0 amide bonds. The fourth-order valence-corrected chi connectivity index (χ4v) is 1.69. The van der Waals surface area contributed by atoms with E-state index in [-0.39, 0.29) is 0 Å². The molecule has 1 atom stereocenters. The van der Waals surface area contributed by atoms with Gasteiger partial charge < -0.3 is 14.8 Å². The molecule has 0 saturated carbocycles. The van der Waals surface area contributed by atoms with Crippen LogP contribution in [0.25, 0.3) is 0 Å². The second-order valence-electron chi connectivity index (χ2n) is 4.54. The number of hydrogen-bond acceptors (Lipinski definition) is 3. The van der Waals surface area contributed by atoms with E-state index in [2.05, 4.69) is 36.2 Å². The molecule has 0 aliphatic rings. The Morgan fingerprint density at radius 1 is 1.00 bits per heavy atom. The summed E-state index contributed by atoms with van der Waals surface area (Å²) in [4.78, 5) is 0. The van der Waals surface area contributed by atoms with Gasteiger partial charge in [0, 0.05) is 24.8 Å². The lowest BCUT2D eigenvalue weighted by molar-refractivity contribution is 0.102. The minimum absolute atomic E-state index is 0.366. The predicted octanol–water partition coefficient (Wildman–Crippen LogP) is 4.81. The Hall–Kier alpha value is -1.34. The molecule has 3 heteroatoms. The molecule has 1 aromatic carbocycles. The van der Waals surface area contributed by atoms with Gasteiger partial charge in [-0.1, -0.05) is 51.7 Å². The van der Waals surface area contributed by atoms with Gasteiger partial charge in [0.1, 0.15) is 6.61 Å². The van der Waals surface area contributed by atoms with Crippen LogP contribution in [0.5, 0.6) is 0 Å². The van der Waals surface area contributed by atoms with Gasteiger partial charge in [-0.05, 0) is 45.0 Å². The molecule has 0 aromatic heterocycles. The van der Waals surface area contributed by atoms with Crippen molar-refractivity contribution in [3.8, 4) is 11.8 Å². The van der Waals surface area contributed by atoms with Crippen LogP contribution >= 0.6 is 0 Å². The highest BCUT2D eigenvalue weighted by Gasteiger charge is 2.00. The van der Waals surface area contributed by atoms with Crippen molar-refractivity contribution in [1.82, 2.24) is 5.32 Å². The van der Waals surface area contributed by atoms with Crippen LogP contribution in [-0.2, 0) is 9.47 Å². The molecule has 138 valence electrons. The number of rotatable bonds is 8. The molecule has 0 saturated heterocycles. The molecule has 0 heterocycles. The van der Waals surface area contributed by atoms with Crippen LogP contribution in [-0.4, -0.2) is 33.5 Å². The fraction of sp³-hybridized carbons (Fsp3) is 0.619. The van der Waals surface area contributed by atoms with Gasteiger partial charge in [-0.15, -0.1) is 0 Å². The molecule has 0 aliphatic heterocycles. The van der Waals surface area contributed by atoms with Crippen molar-refractivity contribution in [2.45, 2.75) is 54.0 Å². The largest absolute Gasteiger partial charge is 0.382 e. The zero-order chi connectivity index (χ0) is 18.6. The van der Waals surface area contributed by atoms with Crippen molar-refractivity contribution in [2.24, 2.45) is 0 Å². The Labute approximate surface area is 150 Å². The summed E-state index contributed by atoms with van der Waals surface area (Å²) >= 11 is 0. The third-order valence-electron chi connectivity index (χ3n) is 3.03. The van der Waals surface area contributed by atoms with E-state index in [1.54, 1.807) is 0 Å². The minimum Gasteiger partial charge on any atom is -0.382 e. The van der Waals surface area contributed by atoms with Gasteiger partial charge in [-0.2, -0.15) is 0 Å². The molecule has 0 fully saturated rings. The lowest BCUT2D eigenvalue weighted by Gasteiger charge is -2.09. The molecule has 0 radical (unpaired) electrons. The fourth-order valence-electron chi connectivity index (χ4n) is 1.69. The van der Waals surface area contributed by atoms with Gasteiger partial charge in [-0.3, -0.25) is 0 Å². The monoisotopic (exact) mass is 335 g/mol. The summed E-state index contributed by atoms with van der Waals surface area (Å²) in [6.07, 6.45) is 0.923. The zero-order valence-electron chi connectivity index (χ0n) is 16.7. The van der Waals surface area contributed by atoms with Gasteiger partial charge in [0.15, 0.2) is 0 Å². The summed E-state index contributed by atoms with van der Waals surface area (Å²) in [5, 5.41) is 3.22. The average Bonchev–Trinajstić information content (AvgIpc) is 2.67. The van der Waals surface area contributed by atoms with Crippen LogP contribution in [0.15, 0.2) is 24.3 Å². The summed E-state index contributed by atoms with van der Waals surface area (Å²) < 4.78 is 10.6. The highest BCUT2D eigenvalue weighted by Crippen LogP contribution is 2.11. The molecule has 1 N–H and O–H groups in total. The Morgan fingerprint density at radius 2 is 1.58 bits per heavy atom. The Bertz CT molecular complexity index is 418. The van der Waals surface area contributed by atoms with Crippen molar-refractivity contribution in [3.63, 3.8) is 0 Å². The van der Waals surface area contributed by atoms with Gasteiger partial charge in [-0.25, -0.2) is 0 Å². The molecule has 1 aromatic rings. The maximum absolute atomic E-state index is 5.42. The maximum Gasteiger partial charge on any atom is 0.108 e. The van der Waals surface area contributed by atoms with E-state index >= 15 is 0 Å². The third-order valence-corrected chi connectivity index (χ3v) is 3.03. The molecule has 24 heavy (non-hydrogen) atoms. The average molecular weight is 336 g/mol. The third kappa shape index (κ3) is 13.1. The van der Waals surface area contributed by atoms with Crippen molar-refractivity contribution >= 4 is 0 Å². The topological polar surface area (TPSA) is 30.5 Å². The number of hydrogen-bond donors (Lipinski definition) is 1. The first-order chi connectivity index (χ1) is 11.8. The maximum atomic E-state index is 5.42. The van der Waals surface area contributed by atoms with Gasteiger partial charge in [0.2, 0.25) is 0 Å². The molecule has 0 spiro atoms. The summed E-state index contributed by atoms with van der Waals surface area (Å²) in [6, 6.07) is 8.67. The SMILES string of the molecule is CC.CC.CCOCCCOCC#Cc1ccc(C(C)NC)cc1. The second kappa shape index (κ2) is 19.7. The van der Waals surface area contributed by atoms with Gasteiger partial charge >= 0.3 is 0 Å². The molecule has 0 aliphatic carbocycles. The van der Waals surface area contributed by atoms with E-state index in [1.165, 1.54) is 5.56 Å². The molecular weight excluding hydrogens is 298 g/mol. The Morgan fingerprint density at radius 3 is 2.12 bits per heavy atom. The van der Waals surface area contributed by atoms with Crippen LogP contribution in [0, 0.1) is 11.8 Å².